The summed E-state index contributed by atoms with van der Waals surface area (Å²) in [5.41, 5.74) is 15.8. The first kappa shape index (κ1) is 39.4. The minimum atomic E-state index is -0.0465. The van der Waals surface area contributed by atoms with E-state index in [9.17, 15) is 0 Å². The molecular weight excluding hydrogens is 713 g/mol. The van der Waals surface area contributed by atoms with Crippen molar-refractivity contribution in [3.8, 4) is 0 Å². The van der Waals surface area contributed by atoms with E-state index in [1.807, 2.05) is 22.8 Å². The number of aryl methyl sites for hydroxylation is 6. The Balaban J connectivity index is 0.000000161. The molecule has 0 spiro atoms. The van der Waals surface area contributed by atoms with Crippen LogP contribution in [-0.4, -0.2) is 34.7 Å². The van der Waals surface area contributed by atoms with Gasteiger partial charge in [0.05, 0.1) is 17.0 Å². The van der Waals surface area contributed by atoms with Crippen LogP contribution in [0.3, 0.4) is 0 Å². The van der Waals surface area contributed by atoms with Crippen molar-refractivity contribution in [3.63, 3.8) is 0 Å². The van der Waals surface area contributed by atoms with Crippen LogP contribution in [-0.2, 0) is 17.9 Å². The Morgan fingerprint density at radius 1 is 0.540 bits per heavy atom. The molecule has 0 atom stereocenters. The molecule has 4 heteroatoms. The summed E-state index contributed by atoms with van der Waals surface area (Å²) in [6.45, 7) is 17.6. The van der Waals surface area contributed by atoms with Crippen molar-refractivity contribution < 1.29 is 17.9 Å². The quantitative estimate of drug-likeness (QED) is 0.140. The van der Waals surface area contributed by atoms with Crippen molar-refractivity contribution in [1.29, 1.82) is 0 Å². The third kappa shape index (κ3) is 10.9. The summed E-state index contributed by atoms with van der Waals surface area (Å²) >= 11 is 2.48. The van der Waals surface area contributed by atoms with Gasteiger partial charge < -0.3 is 9.80 Å². The molecule has 0 unspecified atom stereocenters. The molecule has 7 rings (SSSR count). The molecule has 3 aliphatic carbocycles. The number of anilines is 2. The zero-order valence-corrected chi connectivity index (χ0v) is 35.1. The Labute approximate surface area is 318 Å². The molecule has 273 valence electrons. The summed E-state index contributed by atoms with van der Waals surface area (Å²) in [4.78, 5) is 4.81. The molecule has 3 aromatic rings. The summed E-state index contributed by atoms with van der Waals surface area (Å²) < 4.78 is 2.01. The van der Waals surface area contributed by atoms with Crippen molar-refractivity contribution in [2.45, 2.75) is 155 Å². The Kier molecular flexibility index (Phi) is 15.6. The molecular formula is C46H67N2PRu+. The summed E-state index contributed by atoms with van der Waals surface area (Å²) in [7, 11) is -0.0465. The maximum atomic E-state index is 2.48. The van der Waals surface area contributed by atoms with Gasteiger partial charge in [0.25, 0.3) is 0 Å². The van der Waals surface area contributed by atoms with Crippen LogP contribution in [0.4, 0.5) is 11.4 Å². The zero-order valence-electron chi connectivity index (χ0n) is 32.4. The number of benzene rings is 3. The van der Waals surface area contributed by atoms with Crippen LogP contribution < -0.4 is 9.80 Å². The van der Waals surface area contributed by atoms with Gasteiger partial charge in [-0.1, -0.05) is 54.7 Å². The van der Waals surface area contributed by atoms with Crippen molar-refractivity contribution in [1.82, 2.24) is 0 Å². The monoisotopic (exact) mass is 780 g/mol. The van der Waals surface area contributed by atoms with Crippen molar-refractivity contribution in [2.75, 3.05) is 22.9 Å². The average Bonchev–Trinajstić information content (AvgIpc) is 3.59. The van der Waals surface area contributed by atoms with Crippen LogP contribution in [0.15, 0.2) is 54.6 Å². The van der Waals surface area contributed by atoms with Crippen LogP contribution in [0.1, 0.15) is 135 Å². The van der Waals surface area contributed by atoms with Gasteiger partial charge >= 0.3 is 58.4 Å². The molecule has 0 radical (unpaired) electrons. The third-order valence-electron chi connectivity index (χ3n) is 11.9. The van der Waals surface area contributed by atoms with E-state index in [2.05, 4.69) is 112 Å². The van der Waals surface area contributed by atoms with E-state index in [0.717, 1.165) is 13.1 Å². The van der Waals surface area contributed by atoms with Gasteiger partial charge in [0, 0.05) is 32.4 Å². The van der Waals surface area contributed by atoms with Crippen molar-refractivity contribution >= 4 is 23.9 Å². The fourth-order valence-corrected chi connectivity index (χ4v) is 15.5. The Morgan fingerprint density at radius 3 is 1.18 bits per heavy atom. The predicted molar refractivity (Wildman–Crippen MR) is 221 cm³/mol. The van der Waals surface area contributed by atoms with Crippen molar-refractivity contribution in [2.24, 2.45) is 0 Å². The number of hydrogen-bond acceptors (Lipinski definition) is 2. The van der Waals surface area contributed by atoms with Gasteiger partial charge in [-0.2, -0.15) is 6.67 Å². The normalized spacial score (nSPS) is 19.1. The molecule has 50 heavy (non-hydrogen) atoms. The number of rotatable bonds is 6. The first-order valence-corrected chi connectivity index (χ1v) is 22.9. The molecule has 3 aromatic carbocycles. The summed E-state index contributed by atoms with van der Waals surface area (Å²) in [5.74, 6) is 0. The Hall–Kier alpha value is -1.82. The summed E-state index contributed by atoms with van der Waals surface area (Å²) in [6.07, 6.45) is 23.8. The standard InChI is InChI=1S/C21H27N2.C18H33P.C7H6.Ru/c1-14-9-16(3)20(17(4)10-14)22-7-8-23(13-22)21-18(5)11-15(2)12-19(21)6;1-4-10-16(11-5-1)19(17-12-6-2-7-13-17)18-14-8-3-9-15-18;1-7-5-3-2-4-6-7;/h9-13H,7-8H2,1-6H3;16-18H,1-15H2;1-6H;/q-1;;;+1/p+1. The maximum absolute atomic E-state index is 2.48. The molecule has 1 saturated heterocycles. The Bertz CT molecular complexity index is 1330. The first-order valence-electron chi connectivity index (χ1n) is 20.1. The fourth-order valence-electron chi connectivity index (χ4n) is 9.92. The van der Waals surface area contributed by atoms with E-state index in [1.54, 1.807) is 96.3 Å². The second-order valence-electron chi connectivity index (χ2n) is 16.0. The van der Waals surface area contributed by atoms with E-state index in [4.69, 9.17) is 0 Å². The molecule has 3 saturated carbocycles. The summed E-state index contributed by atoms with van der Waals surface area (Å²) in [5, 5.41) is 0. The molecule has 0 aromatic heterocycles. The molecule has 1 heterocycles. The van der Waals surface area contributed by atoms with Crippen LogP contribution in [0.5, 0.6) is 0 Å². The van der Waals surface area contributed by atoms with Crippen LogP contribution >= 0.6 is 7.92 Å². The molecule has 2 nitrogen and oxygen atoms in total. The van der Waals surface area contributed by atoms with Gasteiger partial charge in [-0.15, -0.1) is 0 Å². The van der Waals surface area contributed by atoms with E-state index in [0.29, 0.717) is 0 Å². The van der Waals surface area contributed by atoms with Crippen LogP contribution in [0.25, 0.3) is 0 Å². The van der Waals surface area contributed by atoms with E-state index in [1.165, 1.54) is 67.3 Å². The molecule has 4 aliphatic rings. The second-order valence-corrected chi connectivity index (χ2v) is 20.0. The molecule has 0 amide bonds. The topological polar surface area (TPSA) is 6.48 Å². The van der Waals surface area contributed by atoms with E-state index >= 15 is 0 Å². The first-order chi connectivity index (χ1) is 24.2. The summed E-state index contributed by atoms with van der Waals surface area (Å²) in [6, 6.07) is 19.3. The molecule has 4 fully saturated rings. The SMILES string of the molecule is C1CCC([PH+](C2CCCCC2)C2CCCCC2)CC1.Cc1cc(C)c(N2[CH-]N(c3c(C)cc(C)cc3C)CC2)c(C)c1.[Ru+]=[CH]c1ccccc1. The molecule has 0 bridgehead atoms. The van der Waals surface area contributed by atoms with Gasteiger partial charge in [0.2, 0.25) is 0 Å². The van der Waals surface area contributed by atoms with Gasteiger partial charge in [0.15, 0.2) is 0 Å². The van der Waals surface area contributed by atoms with Gasteiger partial charge in [0.1, 0.15) is 0 Å². The molecule has 0 N–H and O–H groups in total. The van der Waals surface area contributed by atoms with Crippen molar-refractivity contribution in [3.05, 3.63) is 100 Å². The third-order valence-corrected chi connectivity index (χ3v) is 17.0. The van der Waals surface area contributed by atoms with Crippen LogP contribution in [0.2, 0.25) is 0 Å². The zero-order chi connectivity index (χ0) is 35.5. The van der Waals surface area contributed by atoms with E-state index < -0.39 is 0 Å². The Morgan fingerprint density at radius 2 is 0.880 bits per heavy atom. The minimum absolute atomic E-state index is 0.0465. The molecule has 1 aliphatic heterocycles. The second kappa shape index (κ2) is 19.9. The fraction of sp³-hybridized carbons (Fsp3) is 0.565. The number of nitrogens with zero attached hydrogens (tertiary/aromatic N) is 2. The van der Waals surface area contributed by atoms with Gasteiger partial charge in [-0.25, -0.2) is 0 Å². The average molecular weight is 780 g/mol. The predicted octanol–water partition coefficient (Wildman–Crippen LogP) is 12.6. The van der Waals surface area contributed by atoms with E-state index in [-0.39, 0.29) is 7.92 Å². The van der Waals surface area contributed by atoms with Crippen LogP contribution in [0, 0.1) is 48.2 Å². The van der Waals surface area contributed by atoms with Gasteiger partial charge in [-0.3, -0.25) is 0 Å². The van der Waals surface area contributed by atoms with Gasteiger partial charge in [-0.05, 0) is 141 Å². The number of hydrogen-bond donors (Lipinski definition) is 0.